The lowest BCUT2D eigenvalue weighted by Crippen LogP contribution is -2.57. The van der Waals surface area contributed by atoms with Gasteiger partial charge in [0.15, 0.2) is 0 Å². The molecule has 5 N–H and O–H groups in total. The van der Waals surface area contributed by atoms with Crippen molar-refractivity contribution in [3.63, 3.8) is 0 Å². The molecule has 2 aliphatic rings. The third-order valence-corrected chi connectivity index (χ3v) is 9.85. The third-order valence-electron chi connectivity index (χ3n) is 8.87. The highest BCUT2D eigenvalue weighted by Crippen LogP contribution is 2.29. The van der Waals surface area contributed by atoms with Crippen LogP contribution in [0.5, 0.6) is 0 Å². The molecule has 0 bridgehead atoms. The van der Waals surface area contributed by atoms with Gasteiger partial charge in [0.2, 0.25) is 23.6 Å². The maximum Gasteiger partial charge on any atom is 0.246 e. The number of hydrogen-bond donors (Lipinski definition) is 5. The molecule has 2 aromatic rings. The van der Waals surface area contributed by atoms with Gasteiger partial charge >= 0.3 is 0 Å². The summed E-state index contributed by atoms with van der Waals surface area (Å²) in [4.78, 5) is 59.3. The van der Waals surface area contributed by atoms with Crippen molar-refractivity contribution in [3.05, 3.63) is 41.0 Å². The summed E-state index contributed by atoms with van der Waals surface area (Å²) in [7, 11) is 0. The molecule has 4 rings (SSSR count). The van der Waals surface area contributed by atoms with Crippen molar-refractivity contribution in [2.45, 2.75) is 97.4 Å². The van der Waals surface area contributed by atoms with Crippen LogP contribution in [0.15, 0.2) is 29.8 Å². The fourth-order valence-electron chi connectivity index (χ4n) is 6.07. The monoisotopic (exact) mass is 654 g/mol. The maximum atomic E-state index is 13.9. The van der Waals surface area contributed by atoms with Gasteiger partial charge in [0, 0.05) is 32.5 Å². The lowest BCUT2D eigenvalue weighted by molar-refractivity contribution is -0.144. The summed E-state index contributed by atoms with van der Waals surface area (Å²) in [6.07, 6.45) is 2.60. The SMILES string of the molecule is Cc1ncsc1-c1ccc([C@H](C)NC(=O)[C@@H]2C[C@@H](O)CN2C(=O)C(NC(=O)CCCCCNC(=O)C2CCNC2)C(C)(C)C)cc1. The molecule has 2 fully saturated rings. The number of thiazole rings is 1. The summed E-state index contributed by atoms with van der Waals surface area (Å²) >= 11 is 1.58. The molecule has 0 saturated carbocycles. The van der Waals surface area contributed by atoms with Crippen LogP contribution in [0.4, 0.5) is 0 Å². The Morgan fingerprint density at radius 3 is 2.46 bits per heavy atom. The summed E-state index contributed by atoms with van der Waals surface area (Å²) in [5, 5.41) is 22.6. The van der Waals surface area contributed by atoms with E-state index in [-0.39, 0.29) is 55.0 Å². The van der Waals surface area contributed by atoms with Crippen LogP contribution in [-0.2, 0) is 19.2 Å². The number of β-amino-alcohol motifs (C(OH)–C–C–N with tert-alkyl or cyclic N) is 1. The molecule has 5 atom stereocenters. The van der Waals surface area contributed by atoms with Crippen LogP contribution in [0.3, 0.4) is 0 Å². The highest BCUT2D eigenvalue weighted by atomic mass is 32.1. The number of nitrogens with one attached hydrogen (secondary N) is 4. The summed E-state index contributed by atoms with van der Waals surface area (Å²) in [5.74, 6) is -0.825. The van der Waals surface area contributed by atoms with Gasteiger partial charge in [-0.3, -0.25) is 19.2 Å². The second kappa shape index (κ2) is 16.0. The molecule has 1 aromatic carbocycles. The number of nitrogens with zero attached hydrogens (tertiary/aromatic N) is 2. The largest absolute Gasteiger partial charge is 0.391 e. The van der Waals surface area contributed by atoms with Gasteiger partial charge in [-0.25, -0.2) is 4.98 Å². The van der Waals surface area contributed by atoms with E-state index in [9.17, 15) is 24.3 Å². The maximum absolute atomic E-state index is 13.9. The van der Waals surface area contributed by atoms with Crippen molar-refractivity contribution in [3.8, 4) is 10.4 Å². The summed E-state index contributed by atoms with van der Waals surface area (Å²) in [6.45, 7) is 11.7. The van der Waals surface area contributed by atoms with Crippen LogP contribution in [0.2, 0.25) is 0 Å². The van der Waals surface area contributed by atoms with Crippen molar-refractivity contribution in [2.75, 3.05) is 26.2 Å². The minimum Gasteiger partial charge on any atom is -0.391 e. The van der Waals surface area contributed by atoms with Gasteiger partial charge in [-0.1, -0.05) is 51.5 Å². The van der Waals surface area contributed by atoms with Gasteiger partial charge in [-0.05, 0) is 56.2 Å². The highest BCUT2D eigenvalue weighted by molar-refractivity contribution is 7.13. The van der Waals surface area contributed by atoms with Gasteiger partial charge in [0.1, 0.15) is 12.1 Å². The zero-order valence-electron chi connectivity index (χ0n) is 27.7. The number of aryl methyl sites for hydroxylation is 1. The van der Waals surface area contributed by atoms with Gasteiger partial charge in [0.25, 0.3) is 0 Å². The molecule has 0 spiro atoms. The Labute approximate surface area is 276 Å². The average Bonchev–Trinajstić information content (AvgIpc) is 3.78. The molecule has 0 aliphatic carbocycles. The van der Waals surface area contributed by atoms with E-state index < -0.39 is 23.6 Å². The quantitative estimate of drug-likeness (QED) is 0.208. The second-order valence-corrected chi connectivity index (χ2v) is 14.5. The number of aromatic nitrogens is 1. The number of benzene rings is 1. The summed E-state index contributed by atoms with van der Waals surface area (Å²) in [5.41, 5.74) is 4.16. The number of unbranched alkanes of at least 4 members (excludes halogenated alkanes) is 2. The Hall–Kier alpha value is -3.35. The van der Waals surface area contributed by atoms with E-state index in [1.807, 2.05) is 64.4 Å². The lowest BCUT2D eigenvalue weighted by atomic mass is 9.85. The Bertz CT molecular complexity index is 1350. The van der Waals surface area contributed by atoms with Crippen LogP contribution < -0.4 is 21.3 Å². The summed E-state index contributed by atoms with van der Waals surface area (Å²) in [6, 6.07) is 5.95. The average molecular weight is 655 g/mol. The Balaban J connectivity index is 1.29. The second-order valence-electron chi connectivity index (χ2n) is 13.7. The number of carbonyl (C=O) groups is 4. The third kappa shape index (κ3) is 9.36. The molecule has 46 heavy (non-hydrogen) atoms. The topological polar surface area (TPSA) is 153 Å². The molecule has 2 aliphatic heterocycles. The van der Waals surface area contributed by atoms with E-state index in [1.54, 1.807) is 11.3 Å². The van der Waals surface area contributed by atoms with Crippen molar-refractivity contribution in [1.82, 2.24) is 31.2 Å². The van der Waals surface area contributed by atoms with Crippen LogP contribution in [0.25, 0.3) is 10.4 Å². The molecule has 252 valence electrons. The first-order valence-corrected chi connectivity index (χ1v) is 17.3. The molecule has 4 amide bonds. The number of carbonyl (C=O) groups excluding carboxylic acids is 4. The normalized spacial score (nSPS) is 21.1. The molecular weight excluding hydrogens is 604 g/mol. The van der Waals surface area contributed by atoms with E-state index in [1.165, 1.54) is 4.90 Å². The lowest BCUT2D eigenvalue weighted by Gasteiger charge is -2.35. The van der Waals surface area contributed by atoms with Crippen LogP contribution in [-0.4, -0.2) is 83.0 Å². The van der Waals surface area contributed by atoms with Crippen LogP contribution >= 0.6 is 11.3 Å². The molecule has 1 aromatic heterocycles. The molecule has 12 heteroatoms. The highest BCUT2D eigenvalue weighted by Gasteiger charge is 2.44. The van der Waals surface area contributed by atoms with Crippen LogP contribution in [0.1, 0.15) is 83.5 Å². The first-order valence-electron chi connectivity index (χ1n) is 16.4. The van der Waals surface area contributed by atoms with E-state index >= 15 is 0 Å². The van der Waals surface area contributed by atoms with Crippen molar-refractivity contribution >= 4 is 35.0 Å². The minimum atomic E-state index is -0.861. The first kappa shape index (κ1) is 35.5. The number of amides is 4. The molecule has 11 nitrogen and oxygen atoms in total. The number of aliphatic hydroxyl groups excluding tert-OH is 1. The molecule has 0 radical (unpaired) electrons. The zero-order valence-corrected chi connectivity index (χ0v) is 28.5. The number of hydrogen-bond acceptors (Lipinski definition) is 8. The van der Waals surface area contributed by atoms with Crippen molar-refractivity contribution in [2.24, 2.45) is 11.3 Å². The minimum absolute atomic E-state index is 0.0271. The first-order chi connectivity index (χ1) is 21.8. The predicted molar refractivity (Wildman–Crippen MR) is 179 cm³/mol. The smallest absolute Gasteiger partial charge is 0.246 e. The van der Waals surface area contributed by atoms with E-state index in [0.29, 0.717) is 13.0 Å². The van der Waals surface area contributed by atoms with Gasteiger partial charge in [-0.2, -0.15) is 0 Å². The van der Waals surface area contributed by atoms with Gasteiger partial charge in [-0.15, -0.1) is 11.3 Å². The molecule has 3 heterocycles. The fourth-order valence-corrected chi connectivity index (χ4v) is 6.88. The molecule has 2 unspecified atom stereocenters. The molecule has 2 saturated heterocycles. The Morgan fingerprint density at radius 2 is 1.83 bits per heavy atom. The number of aliphatic hydroxyl groups is 1. The van der Waals surface area contributed by atoms with E-state index in [0.717, 1.165) is 54.0 Å². The number of likely N-dealkylation sites (tertiary alicyclic amines) is 1. The van der Waals surface area contributed by atoms with E-state index in [4.69, 9.17) is 0 Å². The van der Waals surface area contributed by atoms with Gasteiger partial charge in [0.05, 0.1) is 34.1 Å². The predicted octanol–water partition coefficient (Wildman–Crippen LogP) is 3.07. The van der Waals surface area contributed by atoms with Crippen LogP contribution in [0, 0.1) is 18.3 Å². The standard InChI is InChI=1S/C34H50N6O5S/c1-21(23-10-12-24(13-11-23)29-22(2)37-20-46-29)38-32(44)27-17-26(41)19-40(27)33(45)30(34(3,4)5)39-28(42)9-7-6-8-15-36-31(43)25-14-16-35-18-25/h10-13,20-21,25-27,30,35,41H,6-9,14-19H2,1-5H3,(H,36,43)(H,38,44)(H,39,42)/t21-,25?,26+,27-,30?/m0/s1. The summed E-state index contributed by atoms with van der Waals surface area (Å²) < 4.78 is 0. The fraction of sp³-hybridized carbons (Fsp3) is 0.618. The van der Waals surface area contributed by atoms with Crippen molar-refractivity contribution < 1.29 is 24.3 Å². The Morgan fingerprint density at radius 1 is 1.09 bits per heavy atom. The zero-order chi connectivity index (χ0) is 33.4. The van der Waals surface area contributed by atoms with E-state index in [2.05, 4.69) is 26.3 Å². The number of rotatable bonds is 13. The molecular formula is C34H50N6O5S. The Kier molecular flexibility index (Phi) is 12.3. The van der Waals surface area contributed by atoms with Crippen molar-refractivity contribution in [1.29, 1.82) is 0 Å². The van der Waals surface area contributed by atoms with Gasteiger partial charge < -0.3 is 31.3 Å².